The zero-order chi connectivity index (χ0) is 31.6. The molecule has 0 aliphatic heterocycles. The van der Waals surface area contributed by atoms with Crippen molar-refractivity contribution in [3.05, 3.63) is 176 Å². The van der Waals surface area contributed by atoms with E-state index in [-0.39, 0.29) is 0 Å². The summed E-state index contributed by atoms with van der Waals surface area (Å²) in [5.41, 5.74) is 5.87. The molecule has 2 heteroatoms. The lowest BCUT2D eigenvalue weighted by molar-refractivity contribution is 1.30. The van der Waals surface area contributed by atoms with Crippen LogP contribution >= 0.6 is 11.3 Å². The van der Waals surface area contributed by atoms with Crippen LogP contribution < -0.4 is 4.90 Å². The Morgan fingerprint density at radius 3 is 1.83 bits per heavy atom. The lowest BCUT2D eigenvalue weighted by Gasteiger charge is -2.27. The van der Waals surface area contributed by atoms with E-state index in [0.29, 0.717) is 0 Å². The van der Waals surface area contributed by atoms with Crippen LogP contribution in [0.1, 0.15) is 0 Å². The van der Waals surface area contributed by atoms with E-state index < -0.39 is 0 Å². The fourth-order valence-corrected chi connectivity index (χ4v) is 8.77. The van der Waals surface area contributed by atoms with E-state index in [4.69, 9.17) is 0 Å². The number of thiophene rings is 1. The van der Waals surface area contributed by atoms with Crippen molar-refractivity contribution in [1.29, 1.82) is 0 Å². The van der Waals surface area contributed by atoms with Crippen LogP contribution in [0.3, 0.4) is 0 Å². The molecule has 0 N–H and O–H groups in total. The summed E-state index contributed by atoms with van der Waals surface area (Å²) < 4.78 is 2.67. The summed E-state index contributed by atoms with van der Waals surface area (Å²) in [4.78, 5) is 2.39. The Bertz CT molecular complexity index is 2830. The lowest BCUT2D eigenvalue weighted by Crippen LogP contribution is -2.10. The topological polar surface area (TPSA) is 3.24 Å². The first-order chi connectivity index (χ1) is 23.8. The van der Waals surface area contributed by atoms with E-state index in [1.807, 2.05) is 11.3 Å². The predicted octanol–water partition coefficient (Wildman–Crippen LogP) is 13.8. The highest BCUT2D eigenvalue weighted by atomic mass is 32.1. The van der Waals surface area contributed by atoms with Gasteiger partial charge >= 0.3 is 0 Å². The van der Waals surface area contributed by atoms with Crippen LogP contribution in [0.4, 0.5) is 17.1 Å². The van der Waals surface area contributed by atoms with Gasteiger partial charge in [-0.05, 0) is 85.9 Å². The number of hydrogen-bond acceptors (Lipinski definition) is 2. The lowest BCUT2D eigenvalue weighted by atomic mass is 9.94. The van der Waals surface area contributed by atoms with Crippen LogP contribution in [0.2, 0.25) is 0 Å². The van der Waals surface area contributed by atoms with Gasteiger partial charge < -0.3 is 4.90 Å². The van der Waals surface area contributed by atoms with E-state index >= 15 is 0 Å². The Hall–Kier alpha value is -5.96. The molecule has 48 heavy (non-hydrogen) atoms. The number of nitrogens with zero attached hydrogens (tertiary/aromatic N) is 1. The highest BCUT2D eigenvalue weighted by Crippen LogP contribution is 2.44. The van der Waals surface area contributed by atoms with Crippen molar-refractivity contribution in [3.63, 3.8) is 0 Å². The minimum atomic E-state index is 1.13. The zero-order valence-corrected chi connectivity index (χ0v) is 26.9. The summed E-state index contributed by atoms with van der Waals surface area (Å²) in [5.74, 6) is 0. The molecule has 0 fully saturated rings. The highest BCUT2D eigenvalue weighted by Gasteiger charge is 2.17. The molecule has 0 saturated carbocycles. The van der Waals surface area contributed by atoms with E-state index in [2.05, 4.69) is 181 Å². The molecule has 0 atom stereocenters. The molecule has 0 aliphatic rings. The summed E-state index contributed by atoms with van der Waals surface area (Å²) in [7, 11) is 0. The van der Waals surface area contributed by atoms with Crippen molar-refractivity contribution < 1.29 is 0 Å². The summed E-state index contributed by atoms with van der Waals surface area (Å²) in [5, 5.41) is 12.9. The molecule has 0 bridgehead atoms. The SMILES string of the molecule is c1ccc(N(c2ccc(-c3ccc4c(ccc5ccc6ccccc6c54)c3)cc2)c2cccc3c2ccc2c4ccccc4sc32)cc1. The van der Waals surface area contributed by atoms with Crippen molar-refractivity contribution in [2.45, 2.75) is 0 Å². The molecule has 9 aromatic carbocycles. The quantitative estimate of drug-likeness (QED) is 0.176. The Morgan fingerprint density at radius 1 is 0.354 bits per heavy atom. The van der Waals surface area contributed by atoms with E-state index in [0.717, 1.165) is 11.4 Å². The number of rotatable bonds is 4. The molecule has 1 nitrogen and oxygen atoms in total. The van der Waals surface area contributed by atoms with E-state index in [1.54, 1.807) is 0 Å². The largest absolute Gasteiger partial charge is 0.310 e. The van der Waals surface area contributed by atoms with Crippen molar-refractivity contribution in [3.8, 4) is 11.1 Å². The van der Waals surface area contributed by atoms with Gasteiger partial charge in [-0.1, -0.05) is 133 Å². The number of hydrogen-bond donors (Lipinski definition) is 0. The van der Waals surface area contributed by atoms with Crippen LogP contribution in [-0.4, -0.2) is 0 Å². The summed E-state index contributed by atoms with van der Waals surface area (Å²) in [6, 6.07) is 64.4. The monoisotopic (exact) mass is 627 g/mol. The number of benzene rings is 9. The molecule has 10 rings (SSSR count). The third kappa shape index (κ3) is 4.24. The first-order valence-electron chi connectivity index (χ1n) is 16.4. The van der Waals surface area contributed by atoms with Crippen LogP contribution in [0.15, 0.2) is 176 Å². The average molecular weight is 628 g/mol. The van der Waals surface area contributed by atoms with Crippen molar-refractivity contribution in [1.82, 2.24) is 0 Å². The van der Waals surface area contributed by atoms with Crippen molar-refractivity contribution in [2.75, 3.05) is 4.90 Å². The first kappa shape index (κ1) is 27.2. The van der Waals surface area contributed by atoms with Gasteiger partial charge in [0.2, 0.25) is 0 Å². The molecule has 0 amide bonds. The predicted molar refractivity (Wildman–Crippen MR) is 209 cm³/mol. The second-order valence-corrected chi connectivity index (χ2v) is 13.6. The van der Waals surface area contributed by atoms with Crippen LogP contribution in [-0.2, 0) is 0 Å². The molecular formula is C46H29NS. The molecular weight excluding hydrogens is 599 g/mol. The summed E-state index contributed by atoms with van der Waals surface area (Å²) in [6.45, 7) is 0. The van der Waals surface area contributed by atoms with E-state index in [9.17, 15) is 0 Å². The molecule has 1 aromatic heterocycles. The Kier molecular flexibility index (Phi) is 6.12. The fraction of sp³-hybridized carbons (Fsp3) is 0. The van der Waals surface area contributed by atoms with Gasteiger partial charge in [0.25, 0.3) is 0 Å². The molecule has 10 aromatic rings. The maximum absolute atomic E-state index is 2.39. The third-order valence-corrected chi connectivity index (χ3v) is 11.0. The van der Waals surface area contributed by atoms with Gasteiger partial charge in [0.1, 0.15) is 0 Å². The molecule has 0 unspecified atom stereocenters. The van der Waals surface area contributed by atoms with Crippen LogP contribution in [0.5, 0.6) is 0 Å². The van der Waals surface area contributed by atoms with Gasteiger partial charge in [-0.25, -0.2) is 0 Å². The third-order valence-electron chi connectivity index (χ3n) is 9.82. The number of fused-ring (bicyclic) bond motifs is 10. The van der Waals surface area contributed by atoms with E-state index in [1.165, 1.54) is 80.1 Å². The van der Waals surface area contributed by atoms with Gasteiger partial charge in [0.05, 0.1) is 5.69 Å². The normalized spacial score (nSPS) is 11.8. The Morgan fingerprint density at radius 2 is 0.958 bits per heavy atom. The second kappa shape index (κ2) is 10.8. The smallest absolute Gasteiger partial charge is 0.0540 e. The highest BCUT2D eigenvalue weighted by molar-refractivity contribution is 7.26. The Labute approximate surface area is 282 Å². The fourth-order valence-electron chi connectivity index (χ4n) is 7.54. The zero-order valence-electron chi connectivity index (χ0n) is 26.1. The summed E-state index contributed by atoms with van der Waals surface area (Å²) >= 11 is 1.89. The molecule has 224 valence electrons. The maximum atomic E-state index is 2.39. The van der Waals surface area contributed by atoms with Gasteiger partial charge in [-0.15, -0.1) is 11.3 Å². The standard InChI is InChI=1S/C46H29NS/c1-2-10-35(11-3-1)47(43-15-8-14-41-39(43)27-28-42-40-13-6-7-16-44(40)48-46(41)42)36-24-21-30(22-25-36)33-23-26-38-34(29-33)20-19-32-18-17-31-9-4-5-12-37(31)45(32)38/h1-29H. The average Bonchev–Trinajstić information content (AvgIpc) is 3.55. The van der Waals surface area contributed by atoms with Gasteiger partial charge in [-0.3, -0.25) is 0 Å². The first-order valence-corrected chi connectivity index (χ1v) is 17.2. The molecule has 0 aliphatic carbocycles. The minimum absolute atomic E-state index is 1.13. The summed E-state index contributed by atoms with van der Waals surface area (Å²) in [6.07, 6.45) is 0. The van der Waals surface area contributed by atoms with Crippen molar-refractivity contribution in [2.24, 2.45) is 0 Å². The Balaban J connectivity index is 1.09. The molecule has 0 saturated heterocycles. The second-order valence-electron chi connectivity index (χ2n) is 12.5. The van der Waals surface area contributed by atoms with Gasteiger partial charge in [0.15, 0.2) is 0 Å². The van der Waals surface area contributed by atoms with Gasteiger partial charge in [-0.2, -0.15) is 0 Å². The van der Waals surface area contributed by atoms with Crippen molar-refractivity contribution >= 4 is 91.7 Å². The van der Waals surface area contributed by atoms with Gasteiger partial charge in [0, 0.05) is 42.3 Å². The minimum Gasteiger partial charge on any atom is -0.310 e. The number of para-hydroxylation sites is 1. The van der Waals surface area contributed by atoms with Crippen LogP contribution in [0, 0.1) is 0 Å². The number of anilines is 3. The molecule has 1 heterocycles. The maximum Gasteiger partial charge on any atom is 0.0540 e. The molecule has 0 radical (unpaired) electrons. The molecule has 0 spiro atoms. The van der Waals surface area contributed by atoms with Crippen LogP contribution in [0.25, 0.3) is 74.4 Å².